The van der Waals surface area contributed by atoms with Gasteiger partial charge < -0.3 is 0 Å². The molecule has 1 aliphatic heterocycles. The van der Waals surface area contributed by atoms with Crippen LogP contribution in [0.2, 0.25) is 0 Å². The van der Waals surface area contributed by atoms with Crippen molar-refractivity contribution in [3.05, 3.63) is 35.9 Å². The molecule has 0 aliphatic carbocycles. The van der Waals surface area contributed by atoms with E-state index in [-0.39, 0.29) is 16.3 Å². The highest BCUT2D eigenvalue weighted by Crippen LogP contribution is 2.45. The van der Waals surface area contributed by atoms with E-state index in [1.54, 1.807) is 0 Å². The maximum absolute atomic E-state index is 11.6. The smallest absolute Gasteiger partial charge is 0.153 e. The van der Waals surface area contributed by atoms with Gasteiger partial charge >= 0.3 is 0 Å². The molecule has 1 heterocycles. The van der Waals surface area contributed by atoms with Crippen LogP contribution in [0.25, 0.3) is 0 Å². The van der Waals surface area contributed by atoms with Gasteiger partial charge in [-0.2, -0.15) is 0 Å². The zero-order valence-electron chi connectivity index (χ0n) is 7.86. The van der Waals surface area contributed by atoms with Crippen LogP contribution in [0, 0.1) is 0 Å². The van der Waals surface area contributed by atoms with Crippen LogP contribution in [0.5, 0.6) is 0 Å². The lowest BCUT2D eigenvalue weighted by molar-refractivity contribution is 0.601. The van der Waals surface area contributed by atoms with E-state index in [9.17, 15) is 8.42 Å². The molecule has 0 saturated carbocycles. The third kappa shape index (κ3) is 2.15. The fraction of sp³-hybridized carbons (Fsp3) is 0.400. The van der Waals surface area contributed by atoms with Gasteiger partial charge in [0.05, 0.1) is 15.8 Å². The minimum absolute atomic E-state index is 0.0719. The molecule has 15 heavy (non-hydrogen) atoms. The first-order valence-electron chi connectivity index (χ1n) is 4.53. The summed E-state index contributed by atoms with van der Waals surface area (Å²) in [7, 11) is -2.95. The molecule has 1 aromatic carbocycles. The molecule has 5 heteroatoms. The zero-order valence-corrected chi connectivity index (χ0v) is 11.8. The Kier molecular flexibility index (Phi) is 2.99. The van der Waals surface area contributed by atoms with Crippen LogP contribution >= 0.6 is 31.9 Å². The van der Waals surface area contributed by atoms with Crippen molar-refractivity contribution >= 4 is 41.7 Å². The molecule has 0 radical (unpaired) electrons. The Morgan fingerprint density at radius 2 is 1.87 bits per heavy atom. The molecule has 0 aromatic heterocycles. The lowest BCUT2D eigenvalue weighted by Gasteiger charge is -2.24. The maximum Gasteiger partial charge on any atom is 0.153 e. The zero-order chi connectivity index (χ0) is 11.1. The highest BCUT2D eigenvalue weighted by Gasteiger charge is 2.48. The van der Waals surface area contributed by atoms with Crippen LogP contribution in [0.4, 0.5) is 0 Å². The van der Waals surface area contributed by atoms with E-state index in [2.05, 4.69) is 31.9 Å². The minimum Gasteiger partial charge on any atom is -0.229 e. The number of hydrogen-bond acceptors (Lipinski definition) is 2. The summed E-state index contributed by atoms with van der Waals surface area (Å²) in [6.07, 6.45) is 0. The van der Waals surface area contributed by atoms with E-state index in [0.717, 1.165) is 5.56 Å². The molecular weight excluding hydrogens is 344 g/mol. The van der Waals surface area contributed by atoms with E-state index in [4.69, 9.17) is 0 Å². The molecule has 1 fully saturated rings. The molecule has 0 spiro atoms. The number of sulfone groups is 1. The summed E-state index contributed by atoms with van der Waals surface area (Å²) in [5, 5.41) is 0. The van der Waals surface area contributed by atoms with E-state index < -0.39 is 14.2 Å². The Labute approximate surface area is 106 Å². The predicted molar refractivity (Wildman–Crippen MR) is 68.4 cm³/mol. The molecular formula is C10H10Br2O2S. The second-order valence-electron chi connectivity index (χ2n) is 3.75. The van der Waals surface area contributed by atoms with Gasteiger partial charge in [0, 0.05) is 4.83 Å². The third-order valence-corrected chi connectivity index (χ3v) is 8.13. The second kappa shape index (κ2) is 3.86. The maximum atomic E-state index is 11.6. The van der Waals surface area contributed by atoms with Gasteiger partial charge in [-0.05, 0) is 5.56 Å². The quantitative estimate of drug-likeness (QED) is 0.727. The van der Waals surface area contributed by atoms with Gasteiger partial charge in [0.1, 0.15) is 0 Å². The molecule has 1 aromatic rings. The first-order chi connectivity index (χ1) is 6.94. The van der Waals surface area contributed by atoms with Crippen molar-refractivity contribution in [1.82, 2.24) is 0 Å². The van der Waals surface area contributed by atoms with Crippen molar-refractivity contribution < 1.29 is 8.42 Å². The summed E-state index contributed by atoms with van der Waals surface area (Å²) in [5.74, 6) is 0.340. The molecule has 1 saturated heterocycles. The lowest BCUT2D eigenvalue weighted by atomic mass is 9.98. The first kappa shape index (κ1) is 11.6. The van der Waals surface area contributed by atoms with Gasteiger partial charge in [0.2, 0.25) is 0 Å². The van der Waals surface area contributed by atoms with E-state index in [1.807, 2.05) is 30.3 Å². The van der Waals surface area contributed by atoms with Crippen LogP contribution in [0.15, 0.2) is 30.3 Å². The van der Waals surface area contributed by atoms with Crippen molar-refractivity contribution in [1.29, 1.82) is 0 Å². The summed E-state index contributed by atoms with van der Waals surface area (Å²) in [5.41, 5.74) is 1.01. The van der Waals surface area contributed by atoms with Crippen LogP contribution in [-0.4, -0.2) is 24.8 Å². The van der Waals surface area contributed by atoms with Crippen LogP contribution in [0.1, 0.15) is 5.56 Å². The largest absolute Gasteiger partial charge is 0.229 e. The number of hydrogen-bond donors (Lipinski definition) is 0. The van der Waals surface area contributed by atoms with Gasteiger partial charge in [-0.25, -0.2) is 8.42 Å². The highest BCUT2D eigenvalue weighted by molar-refractivity contribution is 9.12. The molecule has 82 valence electrons. The van der Waals surface area contributed by atoms with Crippen LogP contribution in [-0.2, 0) is 14.2 Å². The Morgan fingerprint density at radius 1 is 1.27 bits per heavy atom. The molecule has 0 amide bonds. The third-order valence-electron chi connectivity index (χ3n) is 2.58. The Morgan fingerprint density at radius 3 is 2.33 bits per heavy atom. The average Bonchev–Trinajstić information content (AvgIpc) is 2.38. The lowest BCUT2D eigenvalue weighted by Crippen LogP contribution is -2.27. The van der Waals surface area contributed by atoms with Crippen molar-refractivity contribution in [2.75, 3.05) is 11.5 Å². The van der Waals surface area contributed by atoms with Crippen molar-refractivity contribution in [2.24, 2.45) is 0 Å². The molecule has 2 rings (SSSR count). The number of benzene rings is 1. The van der Waals surface area contributed by atoms with Crippen molar-refractivity contribution in [3.8, 4) is 0 Å². The number of rotatable bonds is 1. The second-order valence-corrected chi connectivity index (χ2v) is 8.38. The molecule has 0 bridgehead atoms. The van der Waals surface area contributed by atoms with Gasteiger partial charge in [-0.1, -0.05) is 62.2 Å². The normalized spacial score (nSPS) is 34.1. The summed E-state index contributed by atoms with van der Waals surface area (Å²) in [6.45, 7) is 0. The highest BCUT2D eigenvalue weighted by atomic mass is 79.9. The fourth-order valence-electron chi connectivity index (χ4n) is 1.80. The summed E-state index contributed by atoms with van der Waals surface area (Å²) in [6, 6.07) is 9.66. The molecule has 2 nitrogen and oxygen atoms in total. The average molecular weight is 354 g/mol. The topological polar surface area (TPSA) is 34.1 Å². The summed E-state index contributed by atoms with van der Waals surface area (Å²) >= 11 is 7.02. The van der Waals surface area contributed by atoms with Crippen LogP contribution in [0.3, 0.4) is 0 Å². The van der Waals surface area contributed by atoms with Gasteiger partial charge in [-0.15, -0.1) is 0 Å². The van der Waals surface area contributed by atoms with Gasteiger partial charge in [0.15, 0.2) is 9.84 Å². The van der Waals surface area contributed by atoms with E-state index in [1.165, 1.54) is 0 Å². The SMILES string of the molecule is O=S1(=O)C[C@H](Br)[C@@](Br)(c2ccccc2)C1. The minimum atomic E-state index is -2.95. The molecule has 0 unspecified atom stereocenters. The Bertz CT molecular complexity index is 458. The number of alkyl halides is 2. The van der Waals surface area contributed by atoms with Crippen LogP contribution < -0.4 is 0 Å². The van der Waals surface area contributed by atoms with Gasteiger partial charge in [-0.3, -0.25) is 0 Å². The molecule has 1 aliphatic rings. The molecule has 0 N–H and O–H groups in total. The van der Waals surface area contributed by atoms with E-state index in [0.29, 0.717) is 0 Å². The van der Waals surface area contributed by atoms with Gasteiger partial charge in [0.25, 0.3) is 0 Å². The van der Waals surface area contributed by atoms with Crippen molar-refractivity contribution in [2.45, 2.75) is 9.15 Å². The monoisotopic (exact) mass is 352 g/mol. The Balaban J connectivity index is 2.45. The first-order valence-corrected chi connectivity index (χ1v) is 8.06. The number of halogens is 2. The van der Waals surface area contributed by atoms with E-state index >= 15 is 0 Å². The van der Waals surface area contributed by atoms with Crippen molar-refractivity contribution in [3.63, 3.8) is 0 Å². The summed E-state index contributed by atoms with van der Waals surface area (Å²) < 4.78 is 22.7. The Hall–Kier alpha value is 0.130. The predicted octanol–water partition coefficient (Wildman–Crippen LogP) is 2.47. The molecule has 2 atom stereocenters. The summed E-state index contributed by atoms with van der Waals surface area (Å²) in [4.78, 5) is -0.0719. The fourth-order valence-corrected chi connectivity index (χ4v) is 7.20. The standard InChI is InChI=1S/C10H10Br2O2S/c11-9-6-15(13,14)7-10(9,12)8-4-2-1-3-5-8/h1-5,9H,6-7H2/t9-,10-/m0/s1.